The minimum absolute atomic E-state index is 0.0662. The van der Waals surface area contributed by atoms with Gasteiger partial charge in [-0.2, -0.15) is 0 Å². The summed E-state index contributed by atoms with van der Waals surface area (Å²) in [5, 5.41) is 10.1. The van der Waals surface area contributed by atoms with Crippen LogP contribution >= 0.6 is 0 Å². The van der Waals surface area contributed by atoms with Gasteiger partial charge in [-0.3, -0.25) is 4.79 Å². The summed E-state index contributed by atoms with van der Waals surface area (Å²) in [5.41, 5.74) is 2.87. The molecule has 2 aliphatic rings. The molecule has 152 valence electrons. The van der Waals surface area contributed by atoms with Crippen LogP contribution < -0.4 is 0 Å². The highest BCUT2D eigenvalue weighted by atomic mass is 16.2. The number of amides is 1. The van der Waals surface area contributed by atoms with Crippen LogP contribution in [0, 0.1) is 6.92 Å². The molecule has 0 bridgehead atoms. The van der Waals surface area contributed by atoms with E-state index in [9.17, 15) is 4.79 Å². The van der Waals surface area contributed by atoms with E-state index in [1.54, 1.807) is 0 Å². The molecule has 0 spiro atoms. The molecule has 1 amide bonds. The highest BCUT2D eigenvalue weighted by Gasteiger charge is 2.28. The predicted molar refractivity (Wildman–Crippen MR) is 112 cm³/mol. The van der Waals surface area contributed by atoms with Crippen molar-refractivity contribution in [1.29, 1.82) is 0 Å². The number of aryl methyl sites for hydroxylation is 1. The lowest BCUT2D eigenvalue weighted by Crippen LogP contribution is -2.34. The first-order valence-electron chi connectivity index (χ1n) is 10.6. The maximum absolute atomic E-state index is 13.2. The van der Waals surface area contributed by atoms with E-state index in [1.807, 2.05) is 11.0 Å². The van der Waals surface area contributed by atoms with Crippen LogP contribution in [0.3, 0.4) is 0 Å². The van der Waals surface area contributed by atoms with Gasteiger partial charge in [-0.25, -0.2) is 0 Å². The lowest BCUT2D eigenvalue weighted by atomic mass is 9.97. The summed E-state index contributed by atoms with van der Waals surface area (Å²) in [6, 6.07) is 8.19. The van der Waals surface area contributed by atoms with E-state index in [0.717, 1.165) is 48.6 Å². The number of benzene rings is 1. The molecule has 1 saturated heterocycles. The van der Waals surface area contributed by atoms with Gasteiger partial charge < -0.3 is 19.4 Å². The molecule has 2 aromatic heterocycles. The zero-order valence-electron chi connectivity index (χ0n) is 17.2. The van der Waals surface area contributed by atoms with Gasteiger partial charge in [0.05, 0.1) is 0 Å². The first-order valence-corrected chi connectivity index (χ1v) is 10.6. The van der Waals surface area contributed by atoms with Crippen LogP contribution in [0.2, 0.25) is 0 Å². The van der Waals surface area contributed by atoms with E-state index in [-0.39, 0.29) is 5.91 Å². The second-order valence-corrected chi connectivity index (χ2v) is 8.54. The minimum atomic E-state index is 0.0662. The van der Waals surface area contributed by atoms with Crippen molar-refractivity contribution in [1.82, 2.24) is 29.5 Å². The number of piperidine rings is 1. The van der Waals surface area contributed by atoms with Crippen LogP contribution in [-0.4, -0.2) is 68.7 Å². The summed E-state index contributed by atoms with van der Waals surface area (Å²) in [4.78, 5) is 20.8. The second-order valence-electron chi connectivity index (χ2n) is 8.54. The van der Waals surface area contributed by atoms with Crippen molar-refractivity contribution < 1.29 is 4.79 Å². The van der Waals surface area contributed by atoms with Crippen LogP contribution in [0.15, 0.2) is 24.3 Å². The molecule has 1 N–H and O–H groups in total. The van der Waals surface area contributed by atoms with Gasteiger partial charge in [-0.15, -0.1) is 10.2 Å². The smallest absolute Gasteiger partial charge is 0.270 e. The fourth-order valence-corrected chi connectivity index (χ4v) is 4.75. The van der Waals surface area contributed by atoms with Crippen LogP contribution in [0.1, 0.15) is 46.5 Å². The number of likely N-dealkylation sites (tertiary alicyclic amines) is 1. The van der Waals surface area contributed by atoms with Gasteiger partial charge in [0.15, 0.2) is 0 Å². The molecule has 29 heavy (non-hydrogen) atoms. The number of nitrogens with zero attached hydrogens (tertiary/aromatic N) is 5. The molecule has 1 fully saturated rings. The summed E-state index contributed by atoms with van der Waals surface area (Å²) in [5.74, 6) is 2.61. The number of carbonyl (C=O) groups is 1. The van der Waals surface area contributed by atoms with Crippen LogP contribution in [0.5, 0.6) is 0 Å². The highest BCUT2D eigenvalue weighted by molar-refractivity contribution is 5.98. The number of nitrogens with one attached hydrogen (secondary N) is 1. The van der Waals surface area contributed by atoms with Crippen LogP contribution in [0.25, 0.3) is 10.9 Å². The highest BCUT2D eigenvalue weighted by Crippen LogP contribution is 2.26. The lowest BCUT2D eigenvalue weighted by molar-refractivity contribution is 0.0753. The standard InChI is InChI=1S/C22H28N6O/c1-15-5-6-16-13-19(23-18(16)12-15)22(29)27-9-7-20-24-25-21(28(20)11-10-27)17-4-3-8-26(2)14-17/h5-6,12-13,17,23H,3-4,7-11,14H2,1-2H3/t17-/m0/s1. The topological polar surface area (TPSA) is 70.1 Å². The van der Waals surface area contributed by atoms with E-state index in [4.69, 9.17) is 0 Å². The Bertz CT molecular complexity index is 1050. The average molecular weight is 393 g/mol. The van der Waals surface area contributed by atoms with Crippen molar-refractivity contribution in [2.24, 2.45) is 0 Å². The third-order valence-corrected chi connectivity index (χ3v) is 6.34. The Morgan fingerprint density at radius 2 is 2.03 bits per heavy atom. The van der Waals surface area contributed by atoms with E-state index < -0.39 is 0 Å². The number of aromatic nitrogens is 4. The van der Waals surface area contributed by atoms with Gasteiger partial charge in [0.2, 0.25) is 0 Å². The molecule has 7 nitrogen and oxygen atoms in total. The number of fused-ring (bicyclic) bond motifs is 2. The minimum Gasteiger partial charge on any atom is -0.351 e. The molecule has 5 rings (SSSR count). The van der Waals surface area contributed by atoms with Crippen molar-refractivity contribution >= 4 is 16.8 Å². The Morgan fingerprint density at radius 1 is 1.14 bits per heavy atom. The monoisotopic (exact) mass is 392 g/mol. The number of likely N-dealkylation sites (N-methyl/N-ethyl adjacent to an activating group) is 1. The first-order chi connectivity index (χ1) is 14.1. The second kappa shape index (κ2) is 7.30. The molecule has 1 aromatic carbocycles. The number of aromatic amines is 1. The molecule has 0 aliphatic carbocycles. The number of hydrogen-bond acceptors (Lipinski definition) is 4. The van der Waals surface area contributed by atoms with Gasteiger partial charge in [0, 0.05) is 49.4 Å². The van der Waals surface area contributed by atoms with Gasteiger partial charge in [0.25, 0.3) is 5.91 Å². The Labute approximate surface area is 170 Å². The SMILES string of the molecule is Cc1ccc2cc(C(=O)N3CCc4nnc([C@H]5CCCN(C)C5)n4CC3)[nH]c2c1. The number of H-pyrrole nitrogens is 1. The Morgan fingerprint density at radius 3 is 2.90 bits per heavy atom. The summed E-state index contributed by atoms with van der Waals surface area (Å²) in [7, 11) is 2.17. The molecular formula is C22H28N6O. The van der Waals surface area contributed by atoms with E-state index in [0.29, 0.717) is 24.7 Å². The summed E-state index contributed by atoms with van der Waals surface area (Å²) < 4.78 is 2.27. The number of rotatable bonds is 2. The first kappa shape index (κ1) is 18.4. The van der Waals surface area contributed by atoms with Crippen molar-refractivity contribution in [3.8, 4) is 0 Å². The largest absolute Gasteiger partial charge is 0.351 e. The summed E-state index contributed by atoms with van der Waals surface area (Å²) >= 11 is 0. The van der Waals surface area contributed by atoms with Gasteiger partial charge in [0.1, 0.15) is 17.3 Å². The maximum Gasteiger partial charge on any atom is 0.270 e. The quantitative estimate of drug-likeness (QED) is 0.728. The van der Waals surface area contributed by atoms with Gasteiger partial charge in [-0.1, -0.05) is 12.1 Å². The van der Waals surface area contributed by atoms with E-state index in [1.165, 1.54) is 18.4 Å². The van der Waals surface area contributed by atoms with Crippen molar-refractivity contribution in [2.75, 3.05) is 33.2 Å². The summed E-state index contributed by atoms with van der Waals surface area (Å²) in [6.07, 6.45) is 3.12. The number of hydrogen-bond donors (Lipinski definition) is 1. The molecular weight excluding hydrogens is 364 g/mol. The fraction of sp³-hybridized carbons (Fsp3) is 0.500. The van der Waals surface area contributed by atoms with Gasteiger partial charge in [-0.05, 0) is 51.1 Å². The molecule has 4 heterocycles. The molecule has 1 atom stereocenters. The Kier molecular flexibility index (Phi) is 4.62. The molecule has 3 aromatic rings. The number of carbonyl (C=O) groups excluding carboxylic acids is 1. The zero-order chi connectivity index (χ0) is 20.0. The van der Waals surface area contributed by atoms with Crippen LogP contribution in [0.4, 0.5) is 0 Å². The Hall–Kier alpha value is -2.67. The maximum atomic E-state index is 13.2. The molecule has 0 saturated carbocycles. The summed E-state index contributed by atoms with van der Waals surface area (Å²) in [6.45, 7) is 6.39. The average Bonchev–Trinajstić information content (AvgIpc) is 3.25. The van der Waals surface area contributed by atoms with Crippen molar-refractivity contribution in [2.45, 2.75) is 38.6 Å². The van der Waals surface area contributed by atoms with Crippen molar-refractivity contribution in [3.63, 3.8) is 0 Å². The predicted octanol–water partition coefficient (Wildman–Crippen LogP) is 2.58. The molecule has 2 aliphatic heterocycles. The van der Waals surface area contributed by atoms with Crippen LogP contribution in [-0.2, 0) is 13.0 Å². The molecule has 0 unspecified atom stereocenters. The van der Waals surface area contributed by atoms with Crippen molar-refractivity contribution in [3.05, 3.63) is 47.2 Å². The van der Waals surface area contributed by atoms with E-state index in [2.05, 4.69) is 56.8 Å². The lowest BCUT2D eigenvalue weighted by Gasteiger charge is -2.29. The Balaban J connectivity index is 1.34. The zero-order valence-corrected chi connectivity index (χ0v) is 17.2. The van der Waals surface area contributed by atoms with E-state index >= 15 is 0 Å². The molecule has 0 radical (unpaired) electrons. The van der Waals surface area contributed by atoms with Gasteiger partial charge >= 0.3 is 0 Å². The third kappa shape index (κ3) is 3.44. The molecule has 7 heteroatoms. The third-order valence-electron chi connectivity index (χ3n) is 6.34. The fourth-order valence-electron chi connectivity index (χ4n) is 4.75. The normalized spacial score (nSPS) is 20.6.